The van der Waals surface area contributed by atoms with Crippen LogP contribution in [0.15, 0.2) is 30.3 Å². The van der Waals surface area contributed by atoms with E-state index in [1.807, 2.05) is 30.3 Å². The first kappa shape index (κ1) is 11.5. The molecule has 84 valence electrons. The Morgan fingerprint density at radius 1 is 1.31 bits per heavy atom. The largest absolute Gasteiger partial charge is 0.496 e. The van der Waals surface area contributed by atoms with E-state index in [4.69, 9.17) is 22.1 Å². The van der Waals surface area contributed by atoms with Crippen LogP contribution in [0.25, 0.3) is 10.4 Å². The van der Waals surface area contributed by atoms with Crippen molar-refractivity contribution in [1.29, 1.82) is 0 Å². The van der Waals surface area contributed by atoms with Crippen LogP contribution in [-0.4, -0.2) is 7.11 Å². The van der Waals surface area contributed by atoms with E-state index in [1.165, 1.54) is 0 Å². The summed E-state index contributed by atoms with van der Waals surface area (Å²) in [5.74, 6) is 0.829. The Morgan fingerprint density at radius 3 is 2.75 bits per heavy atom. The Morgan fingerprint density at radius 2 is 2.12 bits per heavy atom. The van der Waals surface area contributed by atoms with Crippen molar-refractivity contribution in [2.24, 2.45) is 5.73 Å². The third-order valence-electron chi connectivity index (χ3n) is 2.29. The van der Waals surface area contributed by atoms with Gasteiger partial charge in [-0.3, -0.25) is 0 Å². The molecule has 1 aromatic heterocycles. The molecule has 0 saturated heterocycles. The standard InChI is InChI=1S/C12H12ClNOS/c1-15-11-4-2-8(13)6-10(11)12-5-3-9(7-14)16-12/h2-6H,7,14H2,1H3. The average Bonchev–Trinajstić information content (AvgIpc) is 2.77. The van der Waals surface area contributed by atoms with E-state index in [9.17, 15) is 0 Å². The van der Waals surface area contributed by atoms with Gasteiger partial charge in [0, 0.05) is 26.9 Å². The predicted molar refractivity (Wildman–Crippen MR) is 69.2 cm³/mol. The first-order chi connectivity index (χ1) is 7.74. The number of hydrogen-bond acceptors (Lipinski definition) is 3. The molecule has 2 N–H and O–H groups in total. The van der Waals surface area contributed by atoms with E-state index in [0.717, 1.165) is 21.1 Å². The Hall–Kier alpha value is -1.03. The van der Waals surface area contributed by atoms with E-state index >= 15 is 0 Å². The van der Waals surface area contributed by atoms with Crippen molar-refractivity contribution in [2.75, 3.05) is 7.11 Å². The number of rotatable bonds is 3. The molecule has 0 aliphatic heterocycles. The molecule has 0 radical (unpaired) electrons. The van der Waals surface area contributed by atoms with Gasteiger partial charge < -0.3 is 10.5 Å². The van der Waals surface area contributed by atoms with E-state index in [0.29, 0.717) is 11.6 Å². The van der Waals surface area contributed by atoms with Crippen LogP contribution >= 0.6 is 22.9 Å². The lowest BCUT2D eigenvalue weighted by molar-refractivity contribution is 0.416. The molecule has 2 nitrogen and oxygen atoms in total. The van der Waals surface area contributed by atoms with Crippen molar-refractivity contribution in [3.05, 3.63) is 40.2 Å². The topological polar surface area (TPSA) is 35.2 Å². The lowest BCUT2D eigenvalue weighted by Crippen LogP contribution is -1.91. The highest BCUT2D eigenvalue weighted by Gasteiger charge is 2.08. The second-order valence-corrected chi connectivity index (χ2v) is 4.92. The van der Waals surface area contributed by atoms with E-state index < -0.39 is 0 Å². The van der Waals surface area contributed by atoms with Crippen LogP contribution in [-0.2, 0) is 6.54 Å². The molecule has 0 amide bonds. The maximum absolute atomic E-state index is 5.99. The van der Waals surface area contributed by atoms with Gasteiger partial charge in [-0.25, -0.2) is 0 Å². The van der Waals surface area contributed by atoms with Gasteiger partial charge in [0.05, 0.1) is 7.11 Å². The molecular formula is C12H12ClNOS. The molecule has 4 heteroatoms. The molecule has 2 rings (SSSR count). The Labute approximate surface area is 104 Å². The van der Waals surface area contributed by atoms with Crippen LogP contribution in [0.3, 0.4) is 0 Å². The van der Waals surface area contributed by atoms with Gasteiger partial charge in [0.25, 0.3) is 0 Å². The van der Waals surface area contributed by atoms with Gasteiger partial charge in [0.15, 0.2) is 0 Å². The van der Waals surface area contributed by atoms with Gasteiger partial charge in [-0.1, -0.05) is 11.6 Å². The van der Waals surface area contributed by atoms with Crippen LogP contribution < -0.4 is 10.5 Å². The molecule has 2 aromatic rings. The zero-order valence-corrected chi connectivity index (χ0v) is 10.4. The third kappa shape index (κ3) is 2.21. The minimum absolute atomic E-state index is 0.563. The van der Waals surface area contributed by atoms with Gasteiger partial charge >= 0.3 is 0 Å². The molecule has 0 fully saturated rings. The summed E-state index contributed by atoms with van der Waals surface area (Å²) in [5, 5.41) is 0.707. The molecule has 1 aromatic carbocycles. The summed E-state index contributed by atoms with van der Waals surface area (Å²) >= 11 is 7.65. The Bertz CT molecular complexity index is 496. The molecule has 0 aliphatic rings. The molecule has 0 saturated carbocycles. The Kier molecular flexibility index (Phi) is 3.49. The summed E-state index contributed by atoms with van der Waals surface area (Å²) in [6, 6.07) is 9.68. The van der Waals surface area contributed by atoms with E-state index in [2.05, 4.69) is 0 Å². The van der Waals surface area contributed by atoms with Crippen LogP contribution in [0.5, 0.6) is 5.75 Å². The summed E-state index contributed by atoms with van der Waals surface area (Å²) in [4.78, 5) is 2.27. The summed E-state index contributed by atoms with van der Waals surface area (Å²) < 4.78 is 5.31. The summed E-state index contributed by atoms with van der Waals surface area (Å²) in [5.41, 5.74) is 6.61. The van der Waals surface area contributed by atoms with Gasteiger partial charge in [-0.15, -0.1) is 11.3 Å². The number of benzene rings is 1. The van der Waals surface area contributed by atoms with Crippen molar-refractivity contribution in [3.8, 4) is 16.2 Å². The van der Waals surface area contributed by atoms with Crippen LogP contribution in [0, 0.1) is 0 Å². The smallest absolute Gasteiger partial charge is 0.127 e. The fraction of sp³-hybridized carbons (Fsp3) is 0.167. The number of hydrogen-bond donors (Lipinski definition) is 1. The maximum atomic E-state index is 5.99. The molecular weight excluding hydrogens is 242 g/mol. The summed E-state index contributed by atoms with van der Waals surface area (Å²) in [6.07, 6.45) is 0. The first-order valence-electron chi connectivity index (χ1n) is 4.87. The molecule has 0 bridgehead atoms. The normalized spacial score (nSPS) is 10.4. The van der Waals surface area contributed by atoms with Crippen molar-refractivity contribution in [2.45, 2.75) is 6.54 Å². The summed E-state index contributed by atoms with van der Waals surface area (Å²) in [6.45, 7) is 0.563. The monoisotopic (exact) mass is 253 g/mol. The zero-order valence-electron chi connectivity index (χ0n) is 8.87. The molecule has 16 heavy (non-hydrogen) atoms. The third-order valence-corrected chi connectivity index (χ3v) is 3.67. The van der Waals surface area contributed by atoms with Crippen molar-refractivity contribution in [1.82, 2.24) is 0 Å². The first-order valence-corrected chi connectivity index (χ1v) is 6.06. The van der Waals surface area contributed by atoms with E-state index in [-0.39, 0.29) is 0 Å². The molecule has 0 unspecified atom stereocenters. The predicted octanol–water partition coefficient (Wildman–Crippen LogP) is 3.54. The van der Waals surface area contributed by atoms with Gasteiger partial charge in [0.2, 0.25) is 0 Å². The van der Waals surface area contributed by atoms with Crippen molar-refractivity contribution < 1.29 is 4.74 Å². The highest BCUT2D eigenvalue weighted by atomic mass is 35.5. The Balaban J connectivity index is 2.49. The number of nitrogens with two attached hydrogens (primary N) is 1. The maximum Gasteiger partial charge on any atom is 0.127 e. The number of ether oxygens (including phenoxy) is 1. The van der Waals surface area contributed by atoms with Gasteiger partial charge in [-0.2, -0.15) is 0 Å². The fourth-order valence-electron chi connectivity index (χ4n) is 1.51. The minimum Gasteiger partial charge on any atom is -0.496 e. The lowest BCUT2D eigenvalue weighted by atomic mass is 10.1. The van der Waals surface area contributed by atoms with Crippen LogP contribution in [0.1, 0.15) is 4.88 Å². The van der Waals surface area contributed by atoms with Crippen molar-refractivity contribution >= 4 is 22.9 Å². The minimum atomic E-state index is 0.563. The number of halogens is 1. The SMILES string of the molecule is COc1ccc(Cl)cc1-c1ccc(CN)s1. The number of thiophene rings is 1. The zero-order chi connectivity index (χ0) is 11.5. The second-order valence-electron chi connectivity index (χ2n) is 3.31. The number of methoxy groups -OCH3 is 1. The highest BCUT2D eigenvalue weighted by molar-refractivity contribution is 7.15. The highest BCUT2D eigenvalue weighted by Crippen LogP contribution is 2.36. The molecule has 0 aliphatic carbocycles. The van der Waals surface area contributed by atoms with Gasteiger partial charge in [0.1, 0.15) is 5.75 Å². The average molecular weight is 254 g/mol. The molecule has 0 atom stereocenters. The van der Waals surface area contributed by atoms with Crippen molar-refractivity contribution in [3.63, 3.8) is 0 Å². The van der Waals surface area contributed by atoms with Crippen LogP contribution in [0.4, 0.5) is 0 Å². The van der Waals surface area contributed by atoms with Crippen LogP contribution in [0.2, 0.25) is 5.02 Å². The fourth-order valence-corrected chi connectivity index (χ4v) is 2.58. The molecule has 1 heterocycles. The second kappa shape index (κ2) is 4.87. The summed E-state index contributed by atoms with van der Waals surface area (Å²) in [7, 11) is 1.66. The molecule has 0 spiro atoms. The quantitative estimate of drug-likeness (QED) is 0.908. The lowest BCUT2D eigenvalue weighted by Gasteiger charge is -2.06. The van der Waals surface area contributed by atoms with Gasteiger partial charge in [-0.05, 0) is 30.3 Å². The van der Waals surface area contributed by atoms with E-state index in [1.54, 1.807) is 18.4 Å².